The van der Waals surface area contributed by atoms with E-state index in [1.54, 1.807) is 20.0 Å². The van der Waals surface area contributed by atoms with Crippen molar-refractivity contribution in [1.29, 1.82) is 0 Å². The summed E-state index contributed by atoms with van der Waals surface area (Å²) in [5.41, 5.74) is 0.647. The second-order valence-corrected chi connectivity index (χ2v) is 4.98. The molecule has 2 aromatic rings. The molecule has 0 aliphatic heterocycles. The van der Waals surface area contributed by atoms with Crippen molar-refractivity contribution in [2.75, 3.05) is 12.4 Å². The zero-order chi connectivity index (χ0) is 15.6. The third-order valence-corrected chi connectivity index (χ3v) is 3.28. The summed E-state index contributed by atoms with van der Waals surface area (Å²) in [5.74, 6) is 0.830. The number of pyridine rings is 1. The van der Waals surface area contributed by atoms with Gasteiger partial charge in [0.2, 0.25) is 5.88 Å². The molecule has 0 aliphatic carbocycles. The van der Waals surface area contributed by atoms with E-state index in [9.17, 15) is 10.1 Å². The van der Waals surface area contributed by atoms with Gasteiger partial charge >= 0.3 is 0 Å². The van der Waals surface area contributed by atoms with Crippen molar-refractivity contribution >= 4 is 34.7 Å². The zero-order valence-electron chi connectivity index (χ0n) is 11.2. The number of hydrogen-bond acceptors (Lipinski definition) is 5. The van der Waals surface area contributed by atoms with Crippen LogP contribution in [0.1, 0.15) is 5.56 Å². The van der Waals surface area contributed by atoms with E-state index >= 15 is 0 Å². The fraction of sp³-hybridized carbons (Fsp3) is 0.154. The molecule has 6 nitrogen and oxygen atoms in total. The Balaban J connectivity index is 2.42. The zero-order valence-corrected chi connectivity index (χ0v) is 12.7. The summed E-state index contributed by atoms with van der Waals surface area (Å²) in [6, 6.07) is 5.80. The van der Waals surface area contributed by atoms with Gasteiger partial charge in [-0.1, -0.05) is 23.2 Å². The minimum absolute atomic E-state index is 0.0745. The van der Waals surface area contributed by atoms with Crippen LogP contribution in [0.15, 0.2) is 24.3 Å². The van der Waals surface area contributed by atoms with Crippen molar-refractivity contribution in [3.05, 3.63) is 50.0 Å². The second kappa shape index (κ2) is 6.15. The van der Waals surface area contributed by atoms with Crippen LogP contribution in [0.25, 0.3) is 0 Å². The number of nitro groups is 1. The van der Waals surface area contributed by atoms with Crippen LogP contribution in [-0.2, 0) is 0 Å². The summed E-state index contributed by atoms with van der Waals surface area (Å²) in [6.45, 7) is 1.77. The standard InChI is InChI=1S/C13H11Cl2N3O3/c1-7-3-4-8(18(19)20)5-11(7)21-13-10(15)6-9(14)12(16-2)17-13/h3-6H,1-2H3,(H,16,17). The number of halogens is 2. The Hall–Kier alpha value is -2.05. The van der Waals surface area contributed by atoms with Gasteiger partial charge < -0.3 is 10.1 Å². The maximum atomic E-state index is 10.8. The highest BCUT2D eigenvalue weighted by Gasteiger charge is 2.14. The Labute approximate surface area is 130 Å². The van der Waals surface area contributed by atoms with E-state index in [2.05, 4.69) is 10.3 Å². The molecular weight excluding hydrogens is 317 g/mol. The number of non-ortho nitro benzene ring substituents is 1. The molecule has 1 aromatic heterocycles. The van der Waals surface area contributed by atoms with Crippen LogP contribution < -0.4 is 10.1 Å². The van der Waals surface area contributed by atoms with Gasteiger partial charge in [0.1, 0.15) is 16.6 Å². The molecule has 1 heterocycles. The van der Waals surface area contributed by atoms with Crippen LogP contribution in [0, 0.1) is 17.0 Å². The number of hydrogen-bond donors (Lipinski definition) is 1. The summed E-state index contributed by atoms with van der Waals surface area (Å²) < 4.78 is 5.58. The normalized spacial score (nSPS) is 10.3. The molecule has 0 radical (unpaired) electrons. The Kier molecular flexibility index (Phi) is 4.50. The molecule has 110 valence electrons. The highest BCUT2D eigenvalue weighted by molar-refractivity contribution is 6.36. The first-order chi connectivity index (χ1) is 9.92. The maximum Gasteiger partial charge on any atom is 0.273 e. The summed E-state index contributed by atoms with van der Waals surface area (Å²) in [5, 5.41) is 14.2. The van der Waals surface area contributed by atoms with Crippen LogP contribution in [0.4, 0.5) is 11.5 Å². The van der Waals surface area contributed by atoms with E-state index in [1.165, 1.54) is 18.2 Å². The number of aryl methyl sites for hydroxylation is 1. The fourth-order valence-electron chi connectivity index (χ4n) is 1.61. The van der Waals surface area contributed by atoms with Crippen LogP contribution >= 0.6 is 23.2 Å². The van der Waals surface area contributed by atoms with E-state index in [1.807, 2.05) is 0 Å². The number of nitro benzene ring substituents is 1. The molecule has 1 aromatic carbocycles. The van der Waals surface area contributed by atoms with Gasteiger partial charge in [0.15, 0.2) is 0 Å². The minimum Gasteiger partial charge on any atom is -0.437 e. The average Bonchev–Trinajstić information content (AvgIpc) is 2.43. The third kappa shape index (κ3) is 3.34. The molecule has 0 aliphatic rings. The minimum atomic E-state index is -0.498. The molecule has 0 spiro atoms. The van der Waals surface area contributed by atoms with Crippen molar-refractivity contribution < 1.29 is 9.66 Å². The highest BCUT2D eigenvalue weighted by atomic mass is 35.5. The van der Waals surface area contributed by atoms with Crippen molar-refractivity contribution in [2.45, 2.75) is 6.92 Å². The Morgan fingerprint density at radius 2 is 2.00 bits per heavy atom. The van der Waals surface area contributed by atoms with Gasteiger partial charge in [-0.15, -0.1) is 0 Å². The van der Waals surface area contributed by atoms with Crippen molar-refractivity contribution in [1.82, 2.24) is 4.98 Å². The van der Waals surface area contributed by atoms with Crippen LogP contribution in [0.2, 0.25) is 10.0 Å². The van der Waals surface area contributed by atoms with Gasteiger partial charge in [0.25, 0.3) is 5.69 Å². The molecule has 0 saturated heterocycles. The lowest BCUT2D eigenvalue weighted by Crippen LogP contribution is -1.98. The monoisotopic (exact) mass is 327 g/mol. The van der Waals surface area contributed by atoms with Gasteiger partial charge in [-0.25, -0.2) is 0 Å². The van der Waals surface area contributed by atoms with E-state index in [-0.39, 0.29) is 16.6 Å². The van der Waals surface area contributed by atoms with Crippen LogP contribution in [0.3, 0.4) is 0 Å². The number of aromatic nitrogens is 1. The van der Waals surface area contributed by atoms with Gasteiger partial charge in [-0.05, 0) is 24.6 Å². The van der Waals surface area contributed by atoms with Gasteiger partial charge in [0, 0.05) is 13.1 Å². The first kappa shape index (κ1) is 15.3. The molecule has 0 amide bonds. The van der Waals surface area contributed by atoms with Crippen LogP contribution in [-0.4, -0.2) is 17.0 Å². The maximum absolute atomic E-state index is 10.8. The van der Waals surface area contributed by atoms with Crippen molar-refractivity contribution in [3.63, 3.8) is 0 Å². The molecule has 0 atom stereocenters. The first-order valence-corrected chi connectivity index (χ1v) is 6.64. The Morgan fingerprint density at radius 3 is 2.62 bits per heavy atom. The van der Waals surface area contributed by atoms with E-state index in [4.69, 9.17) is 27.9 Å². The highest BCUT2D eigenvalue weighted by Crippen LogP contribution is 2.35. The molecule has 0 bridgehead atoms. The van der Waals surface area contributed by atoms with E-state index in [0.29, 0.717) is 16.6 Å². The number of rotatable bonds is 4. The predicted octanol–water partition coefficient (Wildman–Crippen LogP) is 4.44. The molecule has 0 saturated carbocycles. The lowest BCUT2D eigenvalue weighted by atomic mass is 10.2. The Bertz CT molecular complexity index is 707. The smallest absolute Gasteiger partial charge is 0.273 e. The van der Waals surface area contributed by atoms with Gasteiger partial charge in [-0.3, -0.25) is 10.1 Å². The molecular formula is C13H11Cl2N3O3. The average molecular weight is 328 g/mol. The largest absolute Gasteiger partial charge is 0.437 e. The fourth-order valence-corrected chi connectivity index (χ4v) is 2.10. The van der Waals surface area contributed by atoms with Gasteiger partial charge in [0.05, 0.1) is 16.0 Å². The summed E-state index contributed by atoms with van der Waals surface area (Å²) in [6.07, 6.45) is 0. The summed E-state index contributed by atoms with van der Waals surface area (Å²) >= 11 is 12.0. The summed E-state index contributed by atoms with van der Waals surface area (Å²) in [4.78, 5) is 14.4. The van der Waals surface area contributed by atoms with Gasteiger partial charge in [-0.2, -0.15) is 4.98 Å². The second-order valence-electron chi connectivity index (χ2n) is 4.16. The molecule has 2 rings (SSSR count). The van der Waals surface area contributed by atoms with E-state index in [0.717, 1.165) is 5.56 Å². The third-order valence-electron chi connectivity index (χ3n) is 2.72. The summed E-state index contributed by atoms with van der Waals surface area (Å²) in [7, 11) is 1.66. The van der Waals surface area contributed by atoms with Crippen molar-refractivity contribution in [2.24, 2.45) is 0 Å². The lowest BCUT2D eigenvalue weighted by Gasteiger charge is -2.11. The lowest BCUT2D eigenvalue weighted by molar-refractivity contribution is -0.384. The predicted molar refractivity (Wildman–Crippen MR) is 81.7 cm³/mol. The number of nitrogens with one attached hydrogen (secondary N) is 1. The number of ether oxygens (including phenoxy) is 1. The molecule has 1 N–H and O–H groups in total. The first-order valence-electron chi connectivity index (χ1n) is 5.89. The molecule has 21 heavy (non-hydrogen) atoms. The number of nitrogens with zero attached hydrogens (tertiary/aromatic N) is 2. The SMILES string of the molecule is CNc1nc(Oc2cc([N+](=O)[O-])ccc2C)c(Cl)cc1Cl. The number of anilines is 1. The van der Waals surface area contributed by atoms with Crippen molar-refractivity contribution in [3.8, 4) is 11.6 Å². The number of benzene rings is 1. The van der Waals surface area contributed by atoms with Crippen LogP contribution in [0.5, 0.6) is 11.6 Å². The van der Waals surface area contributed by atoms with E-state index < -0.39 is 4.92 Å². The molecule has 8 heteroatoms. The quantitative estimate of drug-likeness (QED) is 0.663. The molecule has 0 fully saturated rings. The topological polar surface area (TPSA) is 77.3 Å². The Morgan fingerprint density at radius 1 is 1.29 bits per heavy atom. The molecule has 0 unspecified atom stereocenters.